The van der Waals surface area contributed by atoms with Crippen molar-refractivity contribution >= 4 is 17.7 Å². The Morgan fingerprint density at radius 2 is 1.61 bits per heavy atom. The van der Waals surface area contributed by atoms with E-state index in [2.05, 4.69) is 26.1 Å². The molecule has 38 heavy (non-hydrogen) atoms. The maximum Gasteiger partial charge on any atom is 0.320 e. The zero-order valence-corrected chi connectivity index (χ0v) is 25.3. The fourth-order valence-electron chi connectivity index (χ4n) is 9.27. The summed E-state index contributed by atoms with van der Waals surface area (Å²) in [5.41, 5.74) is -0.445. The largest absolute Gasteiger partial charge is 0.464 e. The molecular formula is C32H53NO5. The highest BCUT2D eigenvalue weighted by molar-refractivity contribution is 5.79. The molecule has 0 radical (unpaired) electrons. The average molecular weight is 532 g/mol. The van der Waals surface area contributed by atoms with Gasteiger partial charge >= 0.3 is 11.9 Å². The first-order chi connectivity index (χ1) is 17.6. The maximum atomic E-state index is 12.9. The summed E-state index contributed by atoms with van der Waals surface area (Å²) >= 11 is 0. The molecule has 1 N–H and O–H groups in total. The van der Waals surface area contributed by atoms with Crippen molar-refractivity contribution in [1.82, 2.24) is 5.32 Å². The van der Waals surface area contributed by atoms with E-state index in [9.17, 15) is 14.4 Å². The number of carbonyl (C=O) groups is 3. The lowest BCUT2D eigenvalue weighted by Crippen LogP contribution is -2.56. The predicted octanol–water partition coefficient (Wildman–Crippen LogP) is 6.10. The van der Waals surface area contributed by atoms with Crippen LogP contribution in [0, 0.1) is 46.3 Å². The van der Waals surface area contributed by atoms with Gasteiger partial charge in [0, 0.05) is 11.5 Å². The molecule has 0 aromatic heterocycles. The minimum absolute atomic E-state index is 0.103. The van der Waals surface area contributed by atoms with Gasteiger partial charge in [-0.2, -0.15) is 0 Å². The molecule has 0 aromatic rings. The topological polar surface area (TPSA) is 81.7 Å². The Bertz CT molecular complexity index is 929. The summed E-state index contributed by atoms with van der Waals surface area (Å²) in [6.45, 7) is 16.7. The molecule has 216 valence electrons. The Morgan fingerprint density at radius 3 is 2.26 bits per heavy atom. The number of ether oxygens (including phenoxy) is 2. The molecule has 0 unspecified atom stereocenters. The summed E-state index contributed by atoms with van der Waals surface area (Å²) in [6, 6.07) is 0. The maximum absolute atomic E-state index is 12.9. The molecule has 0 aromatic carbocycles. The van der Waals surface area contributed by atoms with Gasteiger partial charge in [-0.25, -0.2) is 0 Å². The molecule has 0 heterocycles. The first-order valence-corrected chi connectivity index (χ1v) is 15.2. The van der Waals surface area contributed by atoms with Crippen molar-refractivity contribution in [3.8, 4) is 0 Å². The second kappa shape index (κ2) is 10.5. The van der Waals surface area contributed by atoms with E-state index >= 15 is 0 Å². The number of hydrogen-bond donors (Lipinski definition) is 1. The number of esters is 2. The van der Waals surface area contributed by atoms with E-state index in [1.54, 1.807) is 0 Å². The van der Waals surface area contributed by atoms with E-state index in [4.69, 9.17) is 9.47 Å². The van der Waals surface area contributed by atoms with Gasteiger partial charge in [-0.15, -0.1) is 0 Å². The molecule has 4 aliphatic carbocycles. The Labute approximate surface area is 230 Å². The van der Waals surface area contributed by atoms with E-state index in [1.807, 2.05) is 34.6 Å². The van der Waals surface area contributed by atoms with Crippen LogP contribution >= 0.6 is 0 Å². The normalized spacial score (nSPS) is 40.6. The number of rotatable bonds is 8. The number of Topliss-reactive ketones (excluding diaryl/α,β-unsaturated/α-hetero) is 1. The molecule has 0 aliphatic heterocycles. The lowest BCUT2D eigenvalue weighted by molar-refractivity contribution is -0.180. The molecule has 6 nitrogen and oxygen atoms in total. The summed E-state index contributed by atoms with van der Waals surface area (Å²) in [6.07, 6.45) is 10.1. The number of hydrogen-bond acceptors (Lipinski definition) is 6. The van der Waals surface area contributed by atoms with Crippen LogP contribution in [-0.2, 0) is 23.9 Å². The Morgan fingerprint density at radius 1 is 0.921 bits per heavy atom. The van der Waals surface area contributed by atoms with Gasteiger partial charge in [0.1, 0.15) is 18.0 Å². The second-order valence-electron chi connectivity index (χ2n) is 15.1. The van der Waals surface area contributed by atoms with E-state index < -0.39 is 11.1 Å². The Kier molecular flexibility index (Phi) is 8.18. The SMILES string of the molecule is CC(=O)[C@H]1CC[C@H]2[C@@H]3CC[C@H]4C[C@](C)(OC(=O)CNC(C)(C)COC(=O)C(C)C)CC[C@]4(C)[C@H]3CC[C@]12C. The summed E-state index contributed by atoms with van der Waals surface area (Å²) < 4.78 is 11.5. The summed E-state index contributed by atoms with van der Waals surface area (Å²) in [7, 11) is 0. The van der Waals surface area contributed by atoms with Crippen molar-refractivity contribution in [2.24, 2.45) is 46.3 Å². The van der Waals surface area contributed by atoms with Gasteiger partial charge in [-0.3, -0.25) is 19.7 Å². The highest BCUT2D eigenvalue weighted by Crippen LogP contribution is 2.68. The number of ketones is 1. The zero-order valence-electron chi connectivity index (χ0n) is 25.3. The highest BCUT2D eigenvalue weighted by atomic mass is 16.6. The van der Waals surface area contributed by atoms with Crippen molar-refractivity contribution in [3.05, 3.63) is 0 Å². The molecule has 4 rings (SSSR count). The van der Waals surface area contributed by atoms with Crippen molar-refractivity contribution in [2.45, 2.75) is 124 Å². The predicted molar refractivity (Wildman–Crippen MR) is 148 cm³/mol. The van der Waals surface area contributed by atoms with Crippen LogP contribution in [0.1, 0.15) is 113 Å². The molecule has 4 fully saturated rings. The lowest BCUT2D eigenvalue weighted by atomic mass is 9.44. The summed E-state index contributed by atoms with van der Waals surface area (Å²) in [4.78, 5) is 37.2. The number of carbonyl (C=O) groups excluding carboxylic acids is 3. The van der Waals surface area contributed by atoms with Crippen LogP contribution < -0.4 is 5.32 Å². The van der Waals surface area contributed by atoms with Gasteiger partial charge < -0.3 is 9.47 Å². The molecule has 0 spiro atoms. The van der Waals surface area contributed by atoms with Gasteiger partial charge in [0.2, 0.25) is 0 Å². The van der Waals surface area contributed by atoms with Gasteiger partial charge in [0.15, 0.2) is 0 Å². The molecule has 0 saturated heterocycles. The van der Waals surface area contributed by atoms with E-state index in [0.717, 1.165) is 37.5 Å². The molecule has 4 saturated carbocycles. The van der Waals surface area contributed by atoms with Crippen LogP contribution in [0.4, 0.5) is 0 Å². The molecular weight excluding hydrogens is 478 g/mol. The fraction of sp³-hybridized carbons (Fsp3) is 0.906. The smallest absolute Gasteiger partial charge is 0.320 e. The lowest BCUT2D eigenvalue weighted by Gasteiger charge is -2.62. The number of fused-ring (bicyclic) bond motifs is 5. The van der Waals surface area contributed by atoms with E-state index in [1.165, 1.54) is 32.1 Å². The van der Waals surface area contributed by atoms with Crippen molar-refractivity contribution in [1.29, 1.82) is 0 Å². The molecule has 8 atom stereocenters. The Hall–Kier alpha value is -1.43. The van der Waals surface area contributed by atoms with Crippen LogP contribution in [0.3, 0.4) is 0 Å². The third-order valence-corrected chi connectivity index (χ3v) is 11.5. The fourth-order valence-corrected chi connectivity index (χ4v) is 9.27. The zero-order chi connectivity index (χ0) is 28.1. The quantitative estimate of drug-likeness (QED) is 0.381. The highest BCUT2D eigenvalue weighted by Gasteiger charge is 2.61. The van der Waals surface area contributed by atoms with E-state index in [0.29, 0.717) is 23.0 Å². The van der Waals surface area contributed by atoms with Crippen LogP contribution in [0.2, 0.25) is 0 Å². The minimum atomic E-state index is -0.509. The van der Waals surface area contributed by atoms with Gasteiger partial charge in [0.25, 0.3) is 0 Å². The summed E-state index contributed by atoms with van der Waals surface area (Å²) in [5.74, 6) is 2.75. The third-order valence-electron chi connectivity index (χ3n) is 11.5. The van der Waals surface area contributed by atoms with Crippen LogP contribution in [0.25, 0.3) is 0 Å². The number of nitrogens with one attached hydrogen (secondary N) is 1. The van der Waals surface area contributed by atoms with Crippen LogP contribution in [0.15, 0.2) is 0 Å². The van der Waals surface area contributed by atoms with Crippen molar-refractivity contribution < 1.29 is 23.9 Å². The Balaban J connectivity index is 1.33. The minimum Gasteiger partial charge on any atom is -0.464 e. The molecule has 0 bridgehead atoms. The van der Waals surface area contributed by atoms with Gasteiger partial charge in [0.05, 0.1) is 12.5 Å². The van der Waals surface area contributed by atoms with Crippen LogP contribution in [0.5, 0.6) is 0 Å². The standard InChI is InChI=1S/C32H53NO5/c1-20(2)28(36)37-19-29(4,5)33-18-27(35)38-30(6)15-16-31(7)22(17-30)9-10-23-25-12-11-24(21(3)34)32(25,8)14-13-26(23)31/h20,22-26,33H,9-19H2,1-8H3/t22-,23-,24+,25-,26-,30+,31-,32+/m0/s1. The second-order valence-corrected chi connectivity index (χ2v) is 15.1. The van der Waals surface area contributed by atoms with Crippen LogP contribution in [-0.4, -0.2) is 42.0 Å². The van der Waals surface area contributed by atoms with Crippen molar-refractivity contribution in [2.75, 3.05) is 13.2 Å². The van der Waals surface area contributed by atoms with E-state index in [-0.39, 0.29) is 42.3 Å². The van der Waals surface area contributed by atoms with Gasteiger partial charge in [-0.1, -0.05) is 27.7 Å². The van der Waals surface area contributed by atoms with Crippen molar-refractivity contribution in [3.63, 3.8) is 0 Å². The molecule has 0 amide bonds. The first-order valence-electron chi connectivity index (χ1n) is 15.2. The third kappa shape index (κ3) is 5.58. The first kappa shape index (κ1) is 29.6. The molecule has 6 heteroatoms. The monoisotopic (exact) mass is 531 g/mol. The molecule has 4 aliphatic rings. The van der Waals surface area contributed by atoms with Gasteiger partial charge in [-0.05, 0) is 120 Å². The average Bonchev–Trinajstić information content (AvgIpc) is 3.19. The summed E-state index contributed by atoms with van der Waals surface area (Å²) in [5, 5.41) is 3.22.